The number of hydrogen-bond acceptors (Lipinski definition) is 8. The largest absolute Gasteiger partial charge is 0.481 e. The molecule has 13 nitrogen and oxygen atoms in total. The first kappa shape index (κ1) is 30.1. The van der Waals surface area contributed by atoms with E-state index in [4.69, 9.17) is 16.6 Å². The number of primary amides is 1. The molecule has 0 bridgehead atoms. The Labute approximate surface area is 195 Å². The zero-order valence-corrected chi connectivity index (χ0v) is 19.6. The SMILES string of the molecule is CSCCC(NC(=O)C(CC(=O)O)NC(=O)C(CCC(N)=O)NC(=O)C(N)C(C)C)C(=O)O. The molecule has 4 atom stereocenters. The van der Waals surface area contributed by atoms with Crippen molar-refractivity contribution in [1.29, 1.82) is 0 Å². The van der Waals surface area contributed by atoms with Crippen molar-refractivity contribution in [3.8, 4) is 0 Å². The van der Waals surface area contributed by atoms with Gasteiger partial charge in [0.2, 0.25) is 23.6 Å². The van der Waals surface area contributed by atoms with E-state index in [0.717, 1.165) is 0 Å². The third-order valence-corrected chi connectivity index (χ3v) is 5.21. The van der Waals surface area contributed by atoms with Gasteiger partial charge in [0.15, 0.2) is 0 Å². The lowest BCUT2D eigenvalue weighted by molar-refractivity contribution is -0.143. The molecule has 4 amide bonds. The molecule has 0 saturated carbocycles. The van der Waals surface area contributed by atoms with Crippen LogP contribution in [0.15, 0.2) is 0 Å². The van der Waals surface area contributed by atoms with E-state index >= 15 is 0 Å². The van der Waals surface area contributed by atoms with Gasteiger partial charge in [-0.05, 0) is 30.8 Å². The summed E-state index contributed by atoms with van der Waals surface area (Å²) < 4.78 is 0. The Kier molecular flexibility index (Phi) is 13.7. The van der Waals surface area contributed by atoms with E-state index in [1.165, 1.54) is 11.8 Å². The maximum Gasteiger partial charge on any atom is 0.326 e. The standard InChI is InChI=1S/C19H33N5O8S/c1-9(2)15(21)18(30)22-10(4-5-13(20)25)16(28)24-12(8-14(26)27)17(29)23-11(19(31)32)6-7-33-3/h9-12,15H,4-8,21H2,1-3H3,(H2,20,25)(H,22,30)(H,23,29)(H,24,28)(H,26,27)(H,31,32). The zero-order valence-electron chi connectivity index (χ0n) is 18.8. The number of aliphatic carboxylic acids is 2. The highest BCUT2D eigenvalue weighted by Gasteiger charge is 2.32. The van der Waals surface area contributed by atoms with Gasteiger partial charge in [0.05, 0.1) is 12.5 Å². The molecule has 0 radical (unpaired) electrons. The van der Waals surface area contributed by atoms with Crippen LogP contribution >= 0.6 is 11.8 Å². The fraction of sp³-hybridized carbons (Fsp3) is 0.684. The maximum atomic E-state index is 12.8. The van der Waals surface area contributed by atoms with Crippen molar-refractivity contribution in [3.05, 3.63) is 0 Å². The summed E-state index contributed by atoms with van der Waals surface area (Å²) in [6.45, 7) is 3.37. The molecular weight excluding hydrogens is 458 g/mol. The minimum absolute atomic E-state index is 0.0837. The molecule has 0 aromatic heterocycles. The lowest BCUT2D eigenvalue weighted by Crippen LogP contribution is -2.58. The van der Waals surface area contributed by atoms with E-state index in [-0.39, 0.29) is 25.2 Å². The van der Waals surface area contributed by atoms with E-state index in [1.54, 1.807) is 20.1 Å². The molecule has 0 heterocycles. The number of nitrogens with one attached hydrogen (secondary N) is 3. The molecule has 0 aromatic carbocycles. The summed E-state index contributed by atoms with van der Waals surface area (Å²) >= 11 is 1.36. The van der Waals surface area contributed by atoms with Crippen molar-refractivity contribution in [2.24, 2.45) is 17.4 Å². The summed E-state index contributed by atoms with van der Waals surface area (Å²) in [7, 11) is 0. The molecular formula is C19H33N5O8S. The average molecular weight is 492 g/mol. The van der Waals surface area contributed by atoms with Crippen LogP contribution < -0.4 is 27.4 Å². The fourth-order valence-corrected chi connectivity index (χ4v) is 3.02. The number of amides is 4. The number of hydrogen-bond donors (Lipinski definition) is 7. The smallest absolute Gasteiger partial charge is 0.326 e. The minimum atomic E-state index is -1.63. The number of carboxylic acids is 2. The van der Waals surface area contributed by atoms with Gasteiger partial charge in [-0.1, -0.05) is 13.8 Å². The van der Waals surface area contributed by atoms with E-state index in [0.29, 0.717) is 5.75 Å². The highest BCUT2D eigenvalue weighted by atomic mass is 32.2. The van der Waals surface area contributed by atoms with E-state index in [9.17, 15) is 33.9 Å². The summed E-state index contributed by atoms with van der Waals surface area (Å²) in [5.41, 5.74) is 10.9. The van der Waals surface area contributed by atoms with Crippen molar-refractivity contribution >= 4 is 47.3 Å². The second-order valence-electron chi connectivity index (χ2n) is 7.68. The van der Waals surface area contributed by atoms with Gasteiger partial charge < -0.3 is 37.6 Å². The quantitative estimate of drug-likeness (QED) is 0.125. The summed E-state index contributed by atoms with van der Waals surface area (Å²) in [6.07, 6.45) is 0.500. The van der Waals surface area contributed by atoms with E-state index < -0.39 is 66.2 Å². The molecule has 0 rings (SSSR count). The number of rotatable bonds is 16. The Bertz CT molecular complexity index is 733. The second kappa shape index (κ2) is 15.1. The highest BCUT2D eigenvalue weighted by Crippen LogP contribution is 2.06. The van der Waals surface area contributed by atoms with Gasteiger partial charge in [-0.15, -0.1) is 0 Å². The normalized spacial score (nSPS) is 14.5. The summed E-state index contributed by atoms with van der Waals surface area (Å²) in [6, 6.07) is -5.20. The monoisotopic (exact) mass is 491 g/mol. The molecule has 14 heteroatoms. The molecule has 9 N–H and O–H groups in total. The lowest BCUT2D eigenvalue weighted by atomic mass is 10.0. The van der Waals surface area contributed by atoms with Crippen molar-refractivity contribution in [2.75, 3.05) is 12.0 Å². The molecule has 0 aliphatic rings. The van der Waals surface area contributed by atoms with Gasteiger partial charge in [-0.3, -0.25) is 24.0 Å². The topological polar surface area (TPSA) is 231 Å². The molecule has 188 valence electrons. The van der Waals surface area contributed by atoms with Gasteiger partial charge in [-0.2, -0.15) is 11.8 Å². The first-order chi connectivity index (χ1) is 15.3. The van der Waals surface area contributed by atoms with Crippen LogP contribution in [-0.4, -0.2) is 82.0 Å². The Morgan fingerprint density at radius 3 is 1.82 bits per heavy atom. The molecule has 0 saturated heterocycles. The van der Waals surface area contributed by atoms with Gasteiger partial charge in [0, 0.05) is 6.42 Å². The Morgan fingerprint density at radius 1 is 0.848 bits per heavy atom. The van der Waals surface area contributed by atoms with Gasteiger partial charge >= 0.3 is 11.9 Å². The van der Waals surface area contributed by atoms with Crippen LogP contribution in [-0.2, 0) is 28.8 Å². The third-order valence-electron chi connectivity index (χ3n) is 4.57. The summed E-state index contributed by atoms with van der Waals surface area (Å²) in [5, 5.41) is 25.2. The molecule has 0 aliphatic heterocycles. The number of carboxylic acid groups (broad SMARTS) is 2. The molecule has 4 unspecified atom stereocenters. The molecule has 0 spiro atoms. The second-order valence-corrected chi connectivity index (χ2v) is 8.66. The van der Waals surface area contributed by atoms with Gasteiger partial charge in [-0.25, -0.2) is 4.79 Å². The first-order valence-corrected chi connectivity index (χ1v) is 11.6. The third kappa shape index (κ3) is 12.1. The van der Waals surface area contributed by atoms with Crippen LogP contribution in [0.1, 0.15) is 39.5 Å². The van der Waals surface area contributed by atoms with Crippen LogP contribution in [0.25, 0.3) is 0 Å². The van der Waals surface area contributed by atoms with Crippen LogP contribution in [0.5, 0.6) is 0 Å². The van der Waals surface area contributed by atoms with Crippen molar-refractivity contribution in [1.82, 2.24) is 16.0 Å². The van der Waals surface area contributed by atoms with Crippen LogP contribution in [0.3, 0.4) is 0 Å². The van der Waals surface area contributed by atoms with E-state index in [2.05, 4.69) is 16.0 Å². The van der Waals surface area contributed by atoms with Crippen LogP contribution in [0.2, 0.25) is 0 Å². The van der Waals surface area contributed by atoms with Crippen molar-refractivity contribution in [2.45, 2.75) is 63.7 Å². The highest BCUT2D eigenvalue weighted by molar-refractivity contribution is 7.98. The molecule has 0 aromatic rings. The fourth-order valence-electron chi connectivity index (χ4n) is 2.55. The van der Waals surface area contributed by atoms with Crippen LogP contribution in [0.4, 0.5) is 0 Å². The molecule has 0 fully saturated rings. The number of thioether (sulfide) groups is 1. The Morgan fingerprint density at radius 2 is 1.36 bits per heavy atom. The minimum Gasteiger partial charge on any atom is -0.481 e. The number of nitrogens with two attached hydrogens (primary N) is 2. The summed E-state index contributed by atoms with van der Waals surface area (Å²) in [5.74, 6) is -5.96. The lowest BCUT2D eigenvalue weighted by Gasteiger charge is -2.25. The number of carbonyl (C=O) groups is 6. The van der Waals surface area contributed by atoms with Crippen molar-refractivity contribution < 1.29 is 39.0 Å². The van der Waals surface area contributed by atoms with Crippen LogP contribution in [0, 0.1) is 5.92 Å². The predicted molar refractivity (Wildman–Crippen MR) is 120 cm³/mol. The zero-order chi connectivity index (χ0) is 25.7. The first-order valence-electron chi connectivity index (χ1n) is 10.2. The summed E-state index contributed by atoms with van der Waals surface area (Å²) in [4.78, 5) is 71.4. The predicted octanol–water partition coefficient (Wildman–Crippen LogP) is -2.00. The molecule has 33 heavy (non-hydrogen) atoms. The average Bonchev–Trinajstić information content (AvgIpc) is 2.71. The number of carbonyl (C=O) groups excluding carboxylic acids is 4. The molecule has 0 aliphatic carbocycles. The Balaban J connectivity index is 5.55. The van der Waals surface area contributed by atoms with E-state index in [1.807, 2.05) is 0 Å². The van der Waals surface area contributed by atoms with Crippen molar-refractivity contribution in [3.63, 3.8) is 0 Å². The maximum absolute atomic E-state index is 12.8. The van der Waals surface area contributed by atoms with Gasteiger partial charge in [0.1, 0.15) is 18.1 Å². The Hall–Kier alpha value is -2.87. The van der Waals surface area contributed by atoms with Gasteiger partial charge in [0.25, 0.3) is 0 Å².